The van der Waals surface area contributed by atoms with Crippen molar-refractivity contribution in [3.8, 4) is 0 Å². The van der Waals surface area contributed by atoms with Crippen molar-refractivity contribution in [3.63, 3.8) is 0 Å². The van der Waals surface area contributed by atoms with E-state index in [4.69, 9.17) is 4.74 Å². The first-order valence-corrected chi connectivity index (χ1v) is 9.26. The number of aliphatic imine (C=N–C) groups is 1. The zero-order chi connectivity index (χ0) is 16.9. The van der Waals surface area contributed by atoms with E-state index in [0.717, 1.165) is 51.8 Å². The van der Waals surface area contributed by atoms with Gasteiger partial charge in [0.15, 0.2) is 5.96 Å². The van der Waals surface area contributed by atoms with Crippen LogP contribution in [0.1, 0.15) is 47.0 Å². The lowest BCUT2D eigenvalue weighted by molar-refractivity contribution is 0.156. The molecule has 0 radical (unpaired) electrons. The van der Waals surface area contributed by atoms with Crippen molar-refractivity contribution in [2.45, 2.75) is 59.0 Å². The van der Waals surface area contributed by atoms with Gasteiger partial charge in [0.2, 0.25) is 0 Å². The maximum atomic E-state index is 5.62. The molecule has 142 valence electrons. The van der Waals surface area contributed by atoms with Crippen molar-refractivity contribution in [2.24, 2.45) is 10.4 Å². The Morgan fingerprint density at radius 1 is 1.25 bits per heavy atom. The highest BCUT2D eigenvalue weighted by atomic mass is 127. The van der Waals surface area contributed by atoms with Gasteiger partial charge in [-0.2, -0.15) is 0 Å². The molecular weight excluding hydrogens is 415 g/mol. The zero-order valence-electron chi connectivity index (χ0n) is 16.2. The predicted molar refractivity (Wildman–Crippen MR) is 112 cm³/mol. The summed E-state index contributed by atoms with van der Waals surface area (Å²) >= 11 is 0. The molecule has 24 heavy (non-hydrogen) atoms. The standard InChI is InChI=1S/C18H36N4O.HI/c1-15(2)22(16(3)4)10-6-9-20-17(19-5)21-11-7-18(13-21)8-12-23-14-18;/h15-16H,6-14H2,1-5H3,(H,19,20);1H. The summed E-state index contributed by atoms with van der Waals surface area (Å²) in [5.74, 6) is 1.06. The van der Waals surface area contributed by atoms with Crippen LogP contribution in [0.5, 0.6) is 0 Å². The fourth-order valence-corrected chi connectivity index (χ4v) is 3.99. The number of ether oxygens (including phenoxy) is 1. The number of hydrogen-bond donors (Lipinski definition) is 1. The van der Waals surface area contributed by atoms with Gasteiger partial charge in [0, 0.05) is 57.3 Å². The number of guanidine groups is 1. The van der Waals surface area contributed by atoms with Gasteiger partial charge in [-0.1, -0.05) is 0 Å². The predicted octanol–water partition coefficient (Wildman–Crippen LogP) is 2.80. The van der Waals surface area contributed by atoms with Gasteiger partial charge in [0.05, 0.1) is 6.61 Å². The highest BCUT2D eigenvalue weighted by Gasteiger charge is 2.42. The maximum absolute atomic E-state index is 5.62. The minimum atomic E-state index is 0. The average molecular weight is 452 g/mol. The van der Waals surface area contributed by atoms with Crippen LogP contribution in [0.4, 0.5) is 0 Å². The van der Waals surface area contributed by atoms with Crippen LogP contribution in [0.15, 0.2) is 4.99 Å². The molecule has 1 atom stereocenters. The van der Waals surface area contributed by atoms with Gasteiger partial charge in [0.1, 0.15) is 0 Å². The van der Waals surface area contributed by atoms with Crippen molar-refractivity contribution in [1.29, 1.82) is 0 Å². The van der Waals surface area contributed by atoms with Gasteiger partial charge in [-0.25, -0.2) is 0 Å². The summed E-state index contributed by atoms with van der Waals surface area (Å²) in [4.78, 5) is 9.45. The SMILES string of the molecule is CN=C(NCCCN(C(C)C)C(C)C)N1CCC2(CCOC2)C1.I. The first-order valence-electron chi connectivity index (χ1n) is 9.26. The summed E-state index contributed by atoms with van der Waals surface area (Å²) in [6, 6.07) is 1.21. The zero-order valence-corrected chi connectivity index (χ0v) is 18.5. The second-order valence-electron chi connectivity index (χ2n) is 7.73. The maximum Gasteiger partial charge on any atom is 0.193 e. The summed E-state index contributed by atoms with van der Waals surface area (Å²) in [7, 11) is 1.90. The number of nitrogens with zero attached hydrogens (tertiary/aromatic N) is 3. The molecule has 0 bridgehead atoms. The number of halogens is 1. The Morgan fingerprint density at radius 3 is 2.50 bits per heavy atom. The molecule has 2 saturated heterocycles. The second-order valence-corrected chi connectivity index (χ2v) is 7.73. The van der Waals surface area contributed by atoms with E-state index in [1.54, 1.807) is 0 Å². The fourth-order valence-electron chi connectivity index (χ4n) is 3.99. The van der Waals surface area contributed by atoms with Crippen LogP contribution in [-0.2, 0) is 4.74 Å². The van der Waals surface area contributed by atoms with Crippen LogP contribution in [0.25, 0.3) is 0 Å². The van der Waals surface area contributed by atoms with Gasteiger partial charge in [-0.05, 0) is 47.0 Å². The quantitative estimate of drug-likeness (QED) is 0.291. The van der Waals surface area contributed by atoms with E-state index >= 15 is 0 Å². The van der Waals surface area contributed by atoms with Gasteiger partial charge in [-0.15, -0.1) is 24.0 Å². The van der Waals surface area contributed by atoms with E-state index in [-0.39, 0.29) is 24.0 Å². The third kappa shape index (κ3) is 5.73. The third-order valence-corrected chi connectivity index (χ3v) is 5.34. The van der Waals surface area contributed by atoms with Crippen molar-refractivity contribution in [1.82, 2.24) is 15.1 Å². The first-order chi connectivity index (χ1) is 11.0. The van der Waals surface area contributed by atoms with Crippen LogP contribution in [-0.4, -0.2) is 74.3 Å². The van der Waals surface area contributed by atoms with Crippen molar-refractivity contribution in [3.05, 3.63) is 0 Å². The van der Waals surface area contributed by atoms with E-state index in [9.17, 15) is 0 Å². The van der Waals surface area contributed by atoms with E-state index in [1.807, 2.05) is 7.05 Å². The first kappa shape index (κ1) is 22.0. The third-order valence-electron chi connectivity index (χ3n) is 5.34. The molecule has 1 unspecified atom stereocenters. The second kappa shape index (κ2) is 10.2. The lowest BCUT2D eigenvalue weighted by Crippen LogP contribution is -2.43. The van der Waals surface area contributed by atoms with E-state index in [0.29, 0.717) is 17.5 Å². The highest BCUT2D eigenvalue weighted by Crippen LogP contribution is 2.38. The number of rotatable bonds is 6. The largest absolute Gasteiger partial charge is 0.381 e. The van der Waals surface area contributed by atoms with Crippen LogP contribution in [0.2, 0.25) is 0 Å². The van der Waals surface area contributed by atoms with Crippen LogP contribution < -0.4 is 5.32 Å². The van der Waals surface area contributed by atoms with Gasteiger partial charge in [0.25, 0.3) is 0 Å². The minimum absolute atomic E-state index is 0. The molecule has 2 aliphatic heterocycles. The summed E-state index contributed by atoms with van der Waals surface area (Å²) in [6.07, 6.45) is 3.60. The van der Waals surface area contributed by atoms with Crippen molar-refractivity contribution < 1.29 is 4.74 Å². The number of nitrogens with one attached hydrogen (secondary N) is 1. The van der Waals surface area contributed by atoms with Gasteiger partial charge >= 0.3 is 0 Å². The molecule has 0 amide bonds. The van der Waals surface area contributed by atoms with Crippen LogP contribution in [0.3, 0.4) is 0 Å². The van der Waals surface area contributed by atoms with Crippen molar-refractivity contribution >= 4 is 29.9 Å². The Bertz CT molecular complexity index is 386. The van der Waals surface area contributed by atoms with E-state index < -0.39 is 0 Å². The molecule has 0 saturated carbocycles. The lowest BCUT2D eigenvalue weighted by Gasteiger charge is -2.31. The molecule has 1 spiro atoms. The molecular formula is C18H37IN4O. The monoisotopic (exact) mass is 452 g/mol. The Balaban J connectivity index is 0.00000288. The molecule has 2 heterocycles. The fraction of sp³-hybridized carbons (Fsp3) is 0.944. The Kier molecular flexibility index (Phi) is 9.30. The van der Waals surface area contributed by atoms with E-state index in [2.05, 4.69) is 47.8 Å². The molecule has 0 aromatic heterocycles. The van der Waals surface area contributed by atoms with Crippen molar-refractivity contribution in [2.75, 3.05) is 46.4 Å². The smallest absolute Gasteiger partial charge is 0.193 e. The highest BCUT2D eigenvalue weighted by molar-refractivity contribution is 14.0. The minimum Gasteiger partial charge on any atom is -0.381 e. The molecule has 0 aromatic carbocycles. The Morgan fingerprint density at radius 2 is 1.96 bits per heavy atom. The summed E-state index contributed by atoms with van der Waals surface area (Å²) in [5.41, 5.74) is 0.393. The molecule has 5 nitrogen and oxygen atoms in total. The molecule has 2 aliphatic rings. The molecule has 1 N–H and O–H groups in total. The molecule has 0 aliphatic carbocycles. The van der Waals surface area contributed by atoms with Crippen LogP contribution >= 0.6 is 24.0 Å². The topological polar surface area (TPSA) is 40.1 Å². The number of hydrogen-bond acceptors (Lipinski definition) is 3. The van der Waals surface area contributed by atoms with Gasteiger partial charge < -0.3 is 15.0 Å². The Labute approximate surface area is 165 Å². The Hall–Kier alpha value is -0.0800. The summed E-state index contributed by atoms with van der Waals surface area (Å²) in [6.45, 7) is 15.3. The average Bonchev–Trinajstić information content (AvgIpc) is 3.13. The number of likely N-dealkylation sites (tertiary alicyclic amines) is 1. The van der Waals surface area contributed by atoms with Crippen LogP contribution in [0, 0.1) is 5.41 Å². The molecule has 0 aromatic rings. The summed E-state index contributed by atoms with van der Waals surface area (Å²) < 4.78 is 5.62. The van der Waals surface area contributed by atoms with Gasteiger partial charge in [-0.3, -0.25) is 9.89 Å². The lowest BCUT2D eigenvalue weighted by atomic mass is 9.87. The molecule has 2 rings (SSSR count). The molecule has 2 fully saturated rings. The summed E-state index contributed by atoms with van der Waals surface area (Å²) in [5, 5.41) is 3.56. The molecule has 6 heteroatoms. The van der Waals surface area contributed by atoms with E-state index in [1.165, 1.54) is 12.8 Å². The normalized spacial score (nSPS) is 24.5.